The fraction of sp³-hybridized carbons (Fsp3) is 0.160. The Morgan fingerprint density at radius 3 is 2.84 bits per heavy atom. The summed E-state index contributed by atoms with van der Waals surface area (Å²) in [5.74, 6) is -0.280. The zero-order chi connectivity index (χ0) is 26.9. The number of halogens is 4. The summed E-state index contributed by atoms with van der Waals surface area (Å²) in [6, 6.07) is 11.0. The molecule has 2 aromatic carbocycles. The summed E-state index contributed by atoms with van der Waals surface area (Å²) < 4.78 is 41.8. The monoisotopic (exact) mass is 618 g/mol. The Morgan fingerprint density at radius 2 is 2.05 bits per heavy atom. The fourth-order valence-electron chi connectivity index (χ4n) is 3.88. The third-order valence-electron chi connectivity index (χ3n) is 5.49. The van der Waals surface area contributed by atoms with Gasteiger partial charge in [0.15, 0.2) is 10.8 Å². The maximum absolute atomic E-state index is 13.0. The maximum Gasteiger partial charge on any atom is 0.416 e. The molecule has 0 spiro atoms. The summed E-state index contributed by atoms with van der Waals surface area (Å²) in [6.07, 6.45) is -0.797. The van der Waals surface area contributed by atoms with Crippen LogP contribution in [-0.2, 0) is 23.9 Å². The van der Waals surface area contributed by atoms with Crippen LogP contribution in [0.25, 0.3) is 22.1 Å². The van der Waals surface area contributed by atoms with E-state index >= 15 is 0 Å². The van der Waals surface area contributed by atoms with E-state index in [-0.39, 0.29) is 18.1 Å². The van der Waals surface area contributed by atoms with Crippen LogP contribution in [0.1, 0.15) is 16.0 Å². The number of alkyl halides is 3. The molecule has 0 fully saturated rings. The van der Waals surface area contributed by atoms with Crippen LogP contribution < -0.4 is 5.32 Å². The van der Waals surface area contributed by atoms with Crippen molar-refractivity contribution in [1.82, 2.24) is 24.7 Å². The van der Waals surface area contributed by atoms with Gasteiger partial charge in [0.2, 0.25) is 11.1 Å². The van der Waals surface area contributed by atoms with Crippen LogP contribution in [0, 0.1) is 0 Å². The van der Waals surface area contributed by atoms with Gasteiger partial charge >= 0.3 is 6.18 Å². The summed E-state index contributed by atoms with van der Waals surface area (Å²) in [7, 11) is 0. The lowest BCUT2D eigenvalue weighted by atomic mass is 10.1. The van der Waals surface area contributed by atoms with Crippen molar-refractivity contribution in [2.24, 2.45) is 0 Å². The number of hydrogen-bond acceptors (Lipinski definition) is 7. The minimum Gasteiger partial charge on any atom is -0.320 e. The lowest BCUT2D eigenvalue weighted by molar-refractivity contribution is -0.137. The van der Waals surface area contributed by atoms with Crippen molar-refractivity contribution in [3.8, 4) is 0 Å². The number of fused-ring (bicyclic) bond motifs is 3. The fourth-order valence-corrected chi connectivity index (χ4v) is 5.69. The lowest BCUT2D eigenvalue weighted by Gasteiger charge is -2.07. The van der Waals surface area contributed by atoms with E-state index in [0.717, 1.165) is 44.1 Å². The van der Waals surface area contributed by atoms with E-state index in [9.17, 15) is 18.0 Å². The number of thioether (sulfide) groups is 1. The molecule has 0 unspecified atom stereocenters. The van der Waals surface area contributed by atoms with Gasteiger partial charge in [-0.15, -0.1) is 28.1 Å². The molecule has 3 heterocycles. The zero-order valence-electron chi connectivity index (χ0n) is 19.5. The van der Waals surface area contributed by atoms with Gasteiger partial charge in [0.05, 0.1) is 16.8 Å². The van der Waals surface area contributed by atoms with Gasteiger partial charge in [-0.1, -0.05) is 52.0 Å². The third-order valence-corrected chi connectivity index (χ3v) is 7.73. The molecule has 7 nitrogen and oxygen atoms in total. The van der Waals surface area contributed by atoms with Crippen molar-refractivity contribution in [3.05, 3.63) is 81.8 Å². The van der Waals surface area contributed by atoms with E-state index < -0.39 is 11.7 Å². The molecule has 5 aromatic rings. The Labute approximate surface area is 231 Å². The topological polar surface area (TPSA) is 85.6 Å². The van der Waals surface area contributed by atoms with Gasteiger partial charge in [-0.25, -0.2) is 9.97 Å². The number of allylic oxidation sites excluding steroid dienone is 1. The molecule has 0 aliphatic heterocycles. The minimum absolute atomic E-state index is 0.0307. The molecule has 0 saturated carbocycles. The third kappa shape index (κ3) is 5.74. The Kier molecular flexibility index (Phi) is 7.50. The van der Waals surface area contributed by atoms with Crippen molar-refractivity contribution in [3.63, 3.8) is 0 Å². The normalized spacial score (nSPS) is 11.8. The number of hydrogen-bond donors (Lipinski definition) is 1. The highest BCUT2D eigenvalue weighted by molar-refractivity contribution is 9.10. The van der Waals surface area contributed by atoms with Gasteiger partial charge < -0.3 is 9.88 Å². The molecule has 0 radical (unpaired) electrons. The molecule has 194 valence electrons. The first-order chi connectivity index (χ1) is 18.2. The minimum atomic E-state index is -4.40. The predicted molar refractivity (Wildman–Crippen MR) is 146 cm³/mol. The first-order valence-corrected chi connectivity index (χ1v) is 13.8. The molecule has 0 aliphatic carbocycles. The summed E-state index contributed by atoms with van der Waals surface area (Å²) in [5, 5.41) is 12.9. The molecular formula is C25H18BrF3N6OS2. The first kappa shape index (κ1) is 26.3. The molecular weight excluding hydrogens is 601 g/mol. The van der Waals surface area contributed by atoms with Crippen LogP contribution in [0.2, 0.25) is 0 Å². The predicted octanol–water partition coefficient (Wildman–Crippen LogP) is 6.72. The molecule has 3 aromatic heterocycles. The van der Waals surface area contributed by atoms with Gasteiger partial charge in [-0.3, -0.25) is 4.79 Å². The molecule has 0 saturated heterocycles. The van der Waals surface area contributed by atoms with E-state index in [2.05, 4.69) is 48.0 Å². The second-order valence-corrected chi connectivity index (χ2v) is 11.1. The SMILES string of the molecule is C=CCn1c2ccc(Br)cc2c2nnc(SCC(=O)Nc3ncc(Cc4cccc(C(F)(F)F)c4)s3)nc21. The first-order valence-electron chi connectivity index (χ1n) is 11.2. The summed E-state index contributed by atoms with van der Waals surface area (Å²) >= 11 is 5.84. The average molecular weight is 619 g/mol. The number of rotatable bonds is 8. The van der Waals surface area contributed by atoms with Crippen molar-refractivity contribution in [1.29, 1.82) is 0 Å². The van der Waals surface area contributed by atoms with Gasteiger partial charge in [-0.05, 0) is 29.8 Å². The number of amides is 1. The van der Waals surface area contributed by atoms with Gasteiger partial charge in [0.25, 0.3) is 0 Å². The van der Waals surface area contributed by atoms with E-state index in [1.54, 1.807) is 18.3 Å². The van der Waals surface area contributed by atoms with Crippen molar-refractivity contribution in [2.75, 3.05) is 11.1 Å². The van der Waals surface area contributed by atoms with Gasteiger partial charge in [0, 0.05) is 33.9 Å². The number of aromatic nitrogens is 5. The highest BCUT2D eigenvalue weighted by atomic mass is 79.9. The maximum atomic E-state index is 13.0. The Balaban J connectivity index is 1.24. The Hall–Kier alpha value is -3.29. The number of anilines is 1. The standard InChI is InChI=1S/C25H18BrF3N6OS2/c1-2-8-35-19-7-6-16(26)11-18(19)21-22(35)32-24(34-33-21)37-13-20(36)31-23-30-12-17(38-23)10-14-4-3-5-15(9-14)25(27,28)29/h2-7,9,11-12H,1,8,10,13H2,(H,30,31,36). The largest absolute Gasteiger partial charge is 0.416 e. The number of thiazole rings is 1. The highest BCUT2D eigenvalue weighted by Crippen LogP contribution is 2.31. The molecule has 1 N–H and O–H groups in total. The van der Waals surface area contributed by atoms with Crippen LogP contribution in [0.4, 0.5) is 18.3 Å². The number of carbonyl (C=O) groups excluding carboxylic acids is 1. The molecule has 0 aliphatic rings. The molecule has 0 atom stereocenters. The number of nitrogens with one attached hydrogen (secondary N) is 1. The van der Waals surface area contributed by atoms with Crippen molar-refractivity contribution >= 4 is 72.1 Å². The Morgan fingerprint density at radius 1 is 1.21 bits per heavy atom. The van der Waals surface area contributed by atoms with Crippen LogP contribution in [-0.4, -0.2) is 36.4 Å². The van der Waals surface area contributed by atoms with E-state index in [4.69, 9.17) is 0 Å². The molecule has 13 heteroatoms. The Bertz CT molecular complexity index is 1670. The smallest absolute Gasteiger partial charge is 0.320 e. The quantitative estimate of drug-likeness (QED) is 0.153. The summed E-state index contributed by atoms with van der Waals surface area (Å²) in [6.45, 7) is 4.36. The highest BCUT2D eigenvalue weighted by Gasteiger charge is 2.30. The van der Waals surface area contributed by atoms with E-state index in [1.165, 1.54) is 17.4 Å². The van der Waals surface area contributed by atoms with Crippen LogP contribution in [0.15, 0.2) is 70.9 Å². The zero-order valence-corrected chi connectivity index (χ0v) is 22.7. The second kappa shape index (κ2) is 10.8. The average Bonchev–Trinajstić information content (AvgIpc) is 3.44. The summed E-state index contributed by atoms with van der Waals surface area (Å²) in [5.41, 5.74) is 2.08. The van der Waals surface area contributed by atoms with Crippen LogP contribution >= 0.6 is 39.0 Å². The van der Waals surface area contributed by atoms with E-state index in [1.807, 2.05) is 22.8 Å². The molecule has 1 amide bonds. The van der Waals surface area contributed by atoms with Gasteiger partial charge in [-0.2, -0.15) is 13.2 Å². The molecule has 38 heavy (non-hydrogen) atoms. The molecule has 0 bridgehead atoms. The number of carbonyl (C=O) groups is 1. The van der Waals surface area contributed by atoms with Crippen molar-refractivity contribution in [2.45, 2.75) is 24.3 Å². The second-order valence-electron chi connectivity index (χ2n) is 8.17. The van der Waals surface area contributed by atoms with Crippen molar-refractivity contribution < 1.29 is 18.0 Å². The number of benzene rings is 2. The summed E-state index contributed by atoms with van der Waals surface area (Å²) in [4.78, 5) is 22.1. The van der Waals surface area contributed by atoms with Crippen LogP contribution in [0.3, 0.4) is 0 Å². The van der Waals surface area contributed by atoms with Gasteiger partial charge in [0.1, 0.15) is 5.52 Å². The molecule has 5 rings (SSSR count). The van der Waals surface area contributed by atoms with Crippen LogP contribution in [0.5, 0.6) is 0 Å². The number of nitrogens with zero attached hydrogens (tertiary/aromatic N) is 5. The van der Waals surface area contributed by atoms with E-state index in [0.29, 0.717) is 33.6 Å². The lowest BCUT2D eigenvalue weighted by Crippen LogP contribution is -2.14.